The first kappa shape index (κ1) is 17.4. The molecule has 1 aromatic carbocycles. The van der Waals surface area contributed by atoms with Crippen molar-refractivity contribution in [2.45, 2.75) is 12.8 Å². The van der Waals surface area contributed by atoms with Crippen LogP contribution in [-0.4, -0.2) is 29.8 Å². The molecule has 0 saturated carbocycles. The van der Waals surface area contributed by atoms with Gasteiger partial charge in [0.05, 0.1) is 0 Å². The first-order valence-corrected chi connectivity index (χ1v) is 8.96. The fourth-order valence-corrected chi connectivity index (χ4v) is 3.77. The summed E-state index contributed by atoms with van der Waals surface area (Å²) >= 11 is 1.54. The molecule has 1 fully saturated rings. The summed E-state index contributed by atoms with van der Waals surface area (Å²) < 4.78 is 13.0. The average molecular weight is 358 g/mol. The molecule has 6 heteroatoms. The van der Waals surface area contributed by atoms with E-state index in [9.17, 15) is 14.0 Å². The fourth-order valence-electron chi connectivity index (χ4n) is 2.85. The van der Waals surface area contributed by atoms with Crippen molar-refractivity contribution < 1.29 is 14.0 Å². The summed E-state index contributed by atoms with van der Waals surface area (Å²) in [5.74, 6) is -0.719. The molecule has 4 nitrogen and oxygen atoms in total. The van der Waals surface area contributed by atoms with Crippen LogP contribution in [0.1, 0.15) is 17.7 Å². The number of hydrogen-bond acceptors (Lipinski definition) is 3. The van der Waals surface area contributed by atoms with Gasteiger partial charge in [-0.15, -0.1) is 11.3 Å². The van der Waals surface area contributed by atoms with Gasteiger partial charge < -0.3 is 10.6 Å². The average Bonchev–Trinajstić information content (AvgIpc) is 3.09. The summed E-state index contributed by atoms with van der Waals surface area (Å²) in [7, 11) is 0. The summed E-state index contributed by atoms with van der Waals surface area (Å²) in [6.07, 6.45) is 4.61. The molecule has 2 amide bonds. The lowest BCUT2D eigenvalue weighted by Crippen LogP contribution is -2.41. The highest BCUT2D eigenvalue weighted by Gasteiger charge is 2.24. The molecule has 130 valence electrons. The third-order valence-corrected chi connectivity index (χ3v) is 5.45. The number of hydrogen-bond donors (Lipinski definition) is 1. The minimum absolute atomic E-state index is 0.0559. The molecule has 0 radical (unpaired) electrons. The van der Waals surface area contributed by atoms with Crippen molar-refractivity contribution in [2.24, 2.45) is 11.7 Å². The van der Waals surface area contributed by atoms with E-state index < -0.39 is 0 Å². The van der Waals surface area contributed by atoms with Crippen LogP contribution < -0.4 is 5.73 Å². The van der Waals surface area contributed by atoms with E-state index in [0.29, 0.717) is 25.9 Å². The monoisotopic (exact) mass is 358 g/mol. The molecule has 0 atom stereocenters. The van der Waals surface area contributed by atoms with Gasteiger partial charge in [-0.2, -0.15) is 0 Å². The van der Waals surface area contributed by atoms with Gasteiger partial charge >= 0.3 is 0 Å². The van der Waals surface area contributed by atoms with Crippen molar-refractivity contribution in [2.75, 3.05) is 13.1 Å². The number of amides is 2. The van der Waals surface area contributed by atoms with Gasteiger partial charge in [0.1, 0.15) is 5.82 Å². The summed E-state index contributed by atoms with van der Waals surface area (Å²) in [6, 6.07) is 10.2. The van der Waals surface area contributed by atoms with E-state index in [0.717, 1.165) is 15.3 Å². The van der Waals surface area contributed by atoms with Crippen molar-refractivity contribution in [3.63, 3.8) is 0 Å². The number of halogens is 1. The Labute approximate surface area is 149 Å². The SMILES string of the molecule is NC(=O)C1CCN(C(=O)/C=C/c2ccc(-c3ccc(F)cc3)s2)CC1. The number of thiophene rings is 1. The molecule has 2 heterocycles. The molecular weight excluding hydrogens is 339 g/mol. The second kappa shape index (κ2) is 7.61. The molecule has 1 aliphatic rings. The van der Waals surface area contributed by atoms with Crippen LogP contribution in [0.4, 0.5) is 4.39 Å². The molecular formula is C19H19FN2O2S. The lowest BCUT2D eigenvalue weighted by atomic mass is 9.96. The van der Waals surface area contributed by atoms with Gasteiger partial charge in [0.15, 0.2) is 0 Å². The zero-order chi connectivity index (χ0) is 17.8. The third-order valence-electron chi connectivity index (χ3n) is 4.35. The topological polar surface area (TPSA) is 63.4 Å². The first-order valence-electron chi connectivity index (χ1n) is 8.15. The Kier molecular flexibility index (Phi) is 5.28. The molecule has 0 unspecified atom stereocenters. The number of piperidine rings is 1. The van der Waals surface area contributed by atoms with Gasteiger partial charge in [-0.05, 0) is 48.7 Å². The minimum Gasteiger partial charge on any atom is -0.369 e. The van der Waals surface area contributed by atoms with Crippen molar-refractivity contribution in [1.82, 2.24) is 4.90 Å². The van der Waals surface area contributed by atoms with E-state index in [1.165, 1.54) is 12.1 Å². The molecule has 0 bridgehead atoms. The third kappa shape index (κ3) is 4.33. The number of carbonyl (C=O) groups excluding carboxylic acids is 2. The predicted octanol–water partition coefficient (Wildman–Crippen LogP) is 3.29. The van der Waals surface area contributed by atoms with E-state index in [4.69, 9.17) is 5.73 Å². The summed E-state index contributed by atoms with van der Waals surface area (Å²) in [5, 5.41) is 0. The second-order valence-corrected chi connectivity index (χ2v) is 7.16. The molecule has 0 aliphatic carbocycles. The molecule has 3 rings (SSSR count). The Morgan fingerprint density at radius 2 is 1.80 bits per heavy atom. The maximum absolute atomic E-state index is 13.0. The van der Waals surface area contributed by atoms with Crippen molar-refractivity contribution in [1.29, 1.82) is 0 Å². The highest BCUT2D eigenvalue weighted by atomic mass is 32.1. The van der Waals surface area contributed by atoms with Crippen molar-refractivity contribution in [3.05, 3.63) is 53.2 Å². The van der Waals surface area contributed by atoms with Crippen LogP contribution in [0, 0.1) is 11.7 Å². The lowest BCUT2D eigenvalue weighted by molar-refractivity contribution is -0.130. The summed E-state index contributed by atoms with van der Waals surface area (Å²) in [4.78, 5) is 27.1. The number of nitrogens with zero attached hydrogens (tertiary/aromatic N) is 1. The number of rotatable bonds is 4. The molecule has 1 aromatic heterocycles. The zero-order valence-electron chi connectivity index (χ0n) is 13.7. The number of nitrogens with two attached hydrogens (primary N) is 1. The van der Waals surface area contributed by atoms with Crippen LogP contribution in [0.5, 0.6) is 0 Å². The molecule has 0 spiro atoms. The van der Waals surface area contributed by atoms with E-state index in [1.807, 2.05) is 12.1 Å². The van der Waals surface area contributed by atoms with Crippen LogP contribution >= 0.6 is 11.3 Å². The van der Waals surface area contributed by atoms with Gasteiger partial charge in [-0.1, -0.05) is 12.1 Å². The highest BCUT2D eigenvalue weighted by Crippen LogP contribution is 2.29. The molecule has 1 saturated heterocycles. The molecule has 1 aliphatic heterocycles. The predicted molar refractivity (Wildman–Crippen MR) is 97.2 cm³/mol. The summed E-state index contributed by atoms with van der Waals surface area (Å²) in [5.41, 5.74) is 6.26. The lowest BCUT2D eigenvalue weighted by Gasteiger charge is -2.29. The van der Waals surface area contributed by atoms with E-state index in [2.05, 4.69) is 0 Å². The molecule has 2 aromatic rings. The van der Waals surface area contributed by atoms with Gasteiger partial charge in [0.25, 0.3) is 0 Å². The van der Waals surface area contributed by atoms with E-state index >= 15 is 0 Å². The van der Waals surface area contributed by atoms with Crippen LogP contribution in [-0.2, 0) is 9.59 Å². The van der Waals surface area contributed by atoms with Gasteiger partial charge in [0.2, 0.25) is 11.8 Å². The van der Waals surface area contributed by atoms with Crippen LogP contribution in [0.3, 0.4) is 0 Å². The zero-order valence-corrected chi connectivity index (χ0v) is 14.5. The Morgan fingerprint density at radius 1 is 1.12 bits per heavy atom. The molecule has 25 heavy (non-hydrogen) atoms. The minimum atomic E-state index is -0.283. The van der Waals surface area contributed by atoms with E-state index in [-0.39, 0.29) is 23.5 Å². The van der Waals surface area contributed by atoms with Crippen molar-refractivity contribution >= 4 is 29.2 Å². The number of primary amides is 1. The van der Waals surface area contributed by atoms with Crippen LogP contribution in [0.2, 0.25) is 0 Å². The van der Waals surface area contributed by atoms with Gasteiger partial charge in [0, 0.05) is 34.8 Å². The van der Waals surface area contributed by atoms with E-state index in [1.54, 1.807) is 40.5 Å². The summed E-state index contributed by atoms with van der Waals surface area (Å²) in [6.45, 7) is 1.12. The van der Waals surface area contributed by atoms with Crippen molar-refractivity contribution in [3.8, 4) is 10.4 Å². The quantitative estimate of drug-likeness (QED) is 0.853. The van der Waals surface area contributed by atoms with Crippen LogP contribution in [0.15, 0.2) is 42.5 Å². The number of carbonyl (C=O) groups is 2. The standard InChI is InChI=1S/C19H19FN2O2S/c20-15-3-1-13(2-4-15)17-7-5-16(25-17)6-8-18(23)22-11-9-14(10-12-22)19(21)24/h1-8,14H,9-12H2,(H2,21,24)/b8-6+. The maximum Gasteiger partial charge on any atom is 0.246 e. The van der Waals surface area contributed by atoms with Gasteiger partial charge in [-0.25, -0.2) is 4.39 Å². The van der Waals surface area contributed by atoms with Gasteiger partial charge in [-0.3, -0.25) is 9.59 Å². The first-order chi connectivity index (χ1) is 12.0. The largest absolute Gasteiger partial charge is 0.369 e. The maximum atomic E-state index is 13.0. The second-order valence-electron chi connectivity index (χ2n) is 6.04. The Balaban J connectivity index is 1.60. The van der Waals surface area contributed by atoms with Crippen LogP contribution in [0.25, 0.3) is 16.5 Å². The Hall–Kier alpha value is -2.47. The fraction of sp³-hybridized carbons (Fsp3) is 0.263. The normalized spacial score (nSPS) is 15.6. The highest BCUT2D eigenvalue weighted by molar-refractivity contribution is 7.16. The number of likely N-dealkylation sites (tertiary alicyclic amines) is 1. The Morgan fingerprint density at radius 3 is 2.44 bits per heavy atom. The Bertz CT molecular complexity index is 790. The smallest absolute Gasteiger partial charge is 0.246 e. The number of benzene rings is 1. The molecule has 2 N–H and O–H groups in total.